The van der Waals surface area contributed by atoms with Gasteiger partial charge in [-0.2, -0.15) is 14.3 Å². The van der Waals surface area contributed by atoms with E-state index in [0.29, 0.717) is 49.3 Å². The van der Waals surface area contributed by atoms with Gasteiger partial charge in [-0.3, -0.25) is 4.79 Å². The van der Waals surface area contributed by atoms with Crippen molar-refractivity contribution in [3.8, 4) is 0 Å². The maximum absolute atomic E-state index is 14.5. The number of halogens is 1. The molecule has 2 aromatic heterocycles. The molecule has 3 aromatic rings. The van der Waals surface area contributed by atoms with Crippen LogP contribution in [0.4, 0.5) is 16.0 Å². The second-order valence-corrected chi connectivity index (χ2v) is 13.8. The van der Waals surface area contributed by atoms with E-state index < -0.39 is 21.4 Å². The van der Waals surface area contributed by atoms with Crippen LogP contribution in [0.2, 0.25) is 0 Å². The quantitative estimate of drug-likeness (QED) is 0.461. The number of hydrogen-bond acceptors (Lipinski definition) is 8. The van der Waals surface area contributed by atoms with Gasteiger partial charge >= 0.3 is 0 Å². The number of nitrogens with two attached hydrogens (primary N) is 1. The summed E-state index contributed by atoms with van der Waals surface area (Å²) in [5, 5.41) is 5.00. The van der Waals surface area contributed by atoms with Crippen LogP contribution in [0.25, 0.3) is 5.65 Å². The number of anilines is 2. The normalized spacial score (nSPS) is 27.2. The van der Waals surface area contributed by atoms with E-state index in [4.69, 9.17) is 15.8 Å². The van der Waals surface area contributed by atoms with E-state index in [1.54, 1.807) is 11.8 Å². The Morgan fingerprint density at radius 2 is 1.81 bits per heavy atom. The molecule has 0 saturated carbocycles. The molecule has 42 heavy (non-hydrogen) atoms. The third kappa shape index (κ3) is 5.45. The monoisotopic (exact) mass is 598 g/mol. The maximum atomic E-state index is 14.5. The summed E-state index contributed by atoms with van der Waals surface area (Å²) in [4.78, 5) is 25.4. The van der Waals surface area contributed by atoms with Crippen molar-refractivity contribution < 1.29 is 17.6 Å². The molecule has 1 aromatic carbocycles. The number of hydrogen-bond donors (Lipinski definition) is 2. The number of piperidine rings is 1. The van der Waals surface area contributed by atoms with Crippen molar-refractivity contribution in [3.63, 3.8) is 0 Å². The molecule has 3 N–H and O–H groups in total. The summed E-state index contributed by atoms with van der Waals surface area (Å²) in [5.74, 6) is 0.700. The Labute approximate surface area is 245 Å². The number of carbonyl (C=O) groups excluding carboxylic acids is 1. The summed E-state index contributed by atoms with van der Waals surface area (Å²) >= 11 is 0. The van der Waals surface area contributed by atoms with Gasteiger partial charge < -0.3 is 20.4 Å². The minimum atomic E-state index is -3.86. The zero-order valence-corrected chi connectivity index (χ0v) is 25.0. The second kappa shape index (κ2) is 11.1. The van der Waals surface area contributed by atoms with Gasteiger partial charge in [0.2, 0.25) is 15.9 Å². The van der Waals surface area contributed by atoms with E-state index in [0.717, 1.165) is 44.0 Å². The molecule has 3 atom stereocenters. The molecule has 5 heterocycles. The lowest BCUT2D eigenvalue weighted by Crippen LogP contribution is -2.57. The van der Waals surface area contributed by atoms with Crippen molar-refractivity contribution in [1.82, 2.24) is 24.2 Å². The molecule has 2 fully saturated rings. The van der Waals surface area contributed by atoms with Gasteiger partial charge in [0.25, 0.3) is 0 Å². The van der Waals surface area contributed by atoms with Gasteiger partial charge in [0.05, 0.1) is 17.5 Å². The Balaban J connectivity index is 1.48. The lowest BCUT2D eigenvalue weighted by atomic mass is 9.89. The SMILES string of the molecule is CN1CCCCS(=O)(=O)NC(C)(c2ccc(F)cc2)C(=O)N2CCCCC2c2cc3nc(N4CCC(N)C4)cc1n3n2. The molecule has 3 aliphatic heterocycles. The van der Waals surface area contributed by atoms with Crippen molar-refractivity contribution >= 4 is 33.2 Å². The first kappa shape index (κ1) is 28.8. The molecule has 11 nitrogen and oxygen atoms in total. The molecule has 2 saturated heterocycles. The second-order valence-electron chi connectivity index (χ2n) is 12.0. The van der Waals surface area contributed by atoms with Crippen LogP contribution in [0.3, 0.4) is 0 Å². The topological polar surface area (TPSA) is 129 Å². The number of rotatable bonds is 2. The summed E-state index contributed by atoms with van der Waals surface area (Å²) in [5.41, 5.74) is 6.37. The summed E-state index contributed by atoms with van der Waals surface area (Å²) in [6.07, 6.45) is 4.27. The number of nitrogens with zero attached hydrogens (tertiary/aromatic N) is 6. The molecule has 6 rings (SSSR count). The van der Waals surface area contributed by atoms with Gasteiger partial charge in [0.15, 0.2) is 5.65 Å². The number of nitrogens with one attached hydrogen (secondary N) is 1. The zero-order chi connectivity index (χ0) is 29.6. The van der Waals surface area contributed by atoms with Crippen molar-refractivity contribution in [2.24, 2.45) is 5.73 Å². The predicted molar refractivity (Wildman–Crippen MR) is 159 cm³/mol. The highest BCUT2D eigenvalue weighted by molar-refractivity contribution is 7.89. The van der Waals surface area contributed by atoms with E-state index in [1.807, 2.05) is 23.7 Å². The standard InChI is InChI=1S/C29H39FN8O3S/c1-29(20-8-10-21(30)11-9-20)28(39)37-14-4-3-7-24(37)23-17-26-32-25(36-15-12-22(31)19-36)18-27(38(26)33-23)35(2)13-5-6-16-42(40,41)34-29/h8-11,17-18,22,24,34H,3-7,12-16,19,31H2,1-2H3. The van der Waals surface area contributed by atoms with Gasteiger partial charge in [-0.05, 0) is 63.1 Å². The molecule has 3 unspecified atom stereocenters. The van der Waals surface area contributed by atoms with Crippen molar-refractivity contribution in [2.45, 2.75) is 63.1 Å². The Bertz CT molecular complexity index is 1580. The fourth-order valence-corrected chi connectivity index (χ4v) is 7.97. The molecular formula is C29H39FN8O3S. The fraction of sp³-hybridized carbons (Fsp3) is 0.552. The Morgan fingerprint density at radius 1 is 1.05 bits per heavy atom. The molecule has 226 valence electrons. The van der Waals surface area contributed by atoms with Crippen LogP contribution >= 0.6 is 0 Å². The predicted octanol–water partition coefficient (Wildman–Crippen LogP) is 2.52. The van der Waals surface area contributed by atoms with Crippen LogP contribution in [-0.4, -0.2) is 78.8 Å². The van der Waals surface area contributed by atoms with Crippen LogP contribution in [0, 0.1) is 5.82 Å². The Kier molecular flexibility index (Phi) is 7.60. The third-order valence-corrected chi connectivity index (χ3v) is 10.4. The van der Waals surface area contributed by atoms with E-state index in [2.05, 4.69) is 14.5 Å². The largest absolute Gasteiger partial charge is 0.359 e. The summed E-state index contributed by atoms with van der Waals surface area (Å²) in [6, 6.07) is 9.15. The van der Waals surface area contributed by atoms with E-state index in [-0.39, 0.29) is 23.7 Å². The average molecular weight is 599 g/mol. The Hall–Kier alpha value is -3.29. The first-order valence-electron chi connectivity index (χ1n) is 14.8. The molecule has 1 amide bonds. The van der Waals surface area contributed by atoms with Gasteiger partial charge in [0, 0.05) is 51.4 Å². The van der Waals surface area contributed by atoms with Crippen LogP contribution in [0.5, 0.6) is 0 Å². The number of benzene rings is 1. The minimum Gasteiger partial charge on any atom is -0.359 e. The van der Waals surface area contributed by atoms with E-state index in [1.165, 1.54) is 24.3 Å². The van der Waals surface area contributed by atoms with Gasteiger partial charge in [0.1, 0.15) is 23.0 Å². The van der Waals surface area contributed by atoms with Crippen molar-refractivity contribution in [2.75, 3.05) is 48.8 Å². The van der Waals surface area contributed by atoms with E-state index in [9.17, 15) is 17.6 Å². The number of carbonyl (C=O) groups is 1. The zero-order valence-electron chi connectivity index (χ0n) is 24.2. The third-order valence-electron chi connectivity index (χ3n) is 8.82. The maximum Gasteiger partial charge on any atom is 0.248 e. The number of fused-ring (bicyclic) bond motifs is 3. The lowest BCUT2D eigenvalue weighted by molar-refractivity contribution is -0.141. The molecule has 3 aliphatic rings. The number of aromatic nitrogens is 3. The number of amides is 1. The van der Waals surface area contributed by atoms with Crippen LogP contribution < -0.4 is 20.3 Å². The number of sulfonamides is 1. The molecule has 0 spiro atoms. The highest BCUT2D eigenvalue weighted by Crippen LogP contribution is 2.36. The van der Waals surface area contributed by atoms with Gasteiger partial charge in [-0.25, -0.2) is 17.8 Å². The Morgan fingerprint density at radius 3 is 2.55 bits per heavy atom. The lowest BCUT2D eigenvalue weighted by Gasteiger charge is -2.41. The molecular weight excluding hydrogens is 559 g/mol. The van der Waals surface area contributed by atoms with Gasteiger partial charge in [-0.1, -0.05) is 12.1 Å². The van der Waals surface area contributed by atoms with Crippen LogP contribution in [0.15, 0.2) is 36.4 Å². The molecule has 0 aliphatic carbocycles. The average Bonchev–Trinajstić information content (AvgIpc) is 3.60. The first-order chi connectivity index (χ1) is 20.0. The fourth-order valence-electron chi connectivity index (χ4n) is 6.45. The van der Waals surface area contributed by atoms with Crippen molar-refractivity contribution in [1.29, 1.82) is 0 Å². The van der Waals surface area contributed by atoms with Gasteiger partial charge in [-0.15, -0.1) is 0 Å². The molecule has 2 bridgehead atoms. The highest BCUT2D eigenvalue weighted by atomic mass is 32.2. The van der Waals surface area contributed by atoms with Crippen LogP contribution in [0.1, 0.15) is 62.7 Å². The first-order valence-corrected chi connectivity index (χ1v) is 16.4. The smallest absolute Gasteiger partial charge is 0.248 e. The summed E-state index contributed by atoms with van der Waals surface area (Å²) in [6.45, 7) is 4.19. The molecule has 13 heteroatoms. The summed E-state index contributed by atoms with van der Waals surface area (Å²) < 4.78 is 45.3. The molecule has 0 radical (unpaired) electrons. The minimum absolute atomic E-state index is 0.100. The summed E-state index contributed by atoms with van der Waals surface area (Å²) in [7, 11) is -1.89. The van der Waals surface area contributed by atoms with E-state index >= 15 is 0 Å². The van der Waals surface area contributed by atoms with Crippen LogP contribution in [-0.2, 0) is 20.4 Å². The highest BCUT2D eigenvalue weighted by Gasteiger charge is 2.45. The van der Waals surface area contributed by atoms with Crippen molar-refractivity contribution in [3.05, 3.63) is 53.5 Å².